The van der Waals surface area contributed by atoms with Crippen molar-refractivity contribution < 1.29 is 28.6 Å². The minimum absolute atomic E-state index is 0.0512. The third kappa shape index (κ3) is 5.75. The minimum Gasteiger partial charge on any atom is -0.481 e. The molecule has 1 fully saturated rings. The van der Waals surface area contributed by atoms with Crippen molar-refractivity contribution in [3.8, 4) is 5.88 Å². The van der Waals surface area contributed by atoms with Crippen LogP contribution in [0.5, 0.6) is 5.88 Å². The van der Waals surface area contributed by atoms with E-state index in [9.17, 15) is 14.7 Å². The SMILES string of the molecule is CC[C@@](O)(CC(=O)N1C(=O)OC[C@H]1C(C)C)c1ccnc(OC)c1CO[Si](CC)(CC)CC. The van der Waals surface area contributed by atoms with Crippen LogP contribution < -0.4 is 4.74 Å². The molecule has 0 aliphatic carbocycles. The molecule has 0 radical (unpaired) electrons. The lowest BCUT2D eigenvalue weighted by Crippen LogP contribution is -2.45. The lowest BCUT2D eigenvalue weighted by atomic mass is 9.85. The van der Waals surface area contributed by atoms with Crippen molar-refractivity contribution in [1.82, 2.24) is 9.88 Å². The van der Waals surface area contributed by atoms with Crippen molar-refractivity contribution >= 4 is 20.3 Å². The number of hydrogen-bond donors (Lipinski definition) is 1. The monoisotopic (exact) mass is 480 g/mol. The van der Waals surface area contributed by atoms with E-state index in [0.717, 1.165) is 23.0 Å². The molecule has 1 saturated heterocycles. The van der Waals surface area contributed by atoms with Crippen LogP contribution in [0, 0.1) is 5.92 Å². The fraction of sp³-hybridized carbons (Fsp3) is 0.708. The summed E-state index contributed by atoms with van der Waals surface area (Å²) in [5.74, 6) is -0.0309. The molecule has 0 aromatic carbocycles. The van der Waals surface area contributed by atoms with E-state index < -0.39 is 25.9 Å². The summed E-state index contributed by atoms with van der Waals surface area (Å²) in [4.78, 5) is 31.0. The molecule has 0 spiro atoms. The van der Waals surface area contributed by atoms with Crippen molar-refractivity contribution in [2.24, 2.45) is 5.92 Å². The van der Waals surface area contributed by atoms with Gasteiger partial charge in [-0.3, -0.25) is 4.79 Å². The molecular formula is C24H40N2O6Si. The number of hydrogen-bond acceptors (Lipinski definition) is 7. The van der Waals surface area contributed by atoms with Gasteiger partial charge in [0.1, 0.15) is 6.61 Å². The summed E-state index contributed by atoms with van der Waals surface area (Å²) in [5, 5.41) is 11.7. The zero-order chi connectivity index (χ0) is 24.8. The Bertz CT molecular complexity index is 821. The number of cyclic esters (lactones) is 1. The molecule has 0 unspecified atom stereocenters. The fourth-order valence-corrected chi connectivity index (χ4v) is 7.03. The maximum atomic E-state index is 13.2. The van der Waals surface area contributed by atoms with Gasteiger partial charge in [0.05, 0.1) is 31.8 Å². The first-order valence-corrected chi connectivity index (χ1v) is 14.5. The Morgan fingerprint density at radius 1 is 1.30 bits per heavy atom. The number of aromatic nitrogens is 1. The maximum absolute atomic E-state index is 13.2. The molecule has 1 aliphatic rings. The second-order valence-electron chi connectivity index (χ2n) is 9.09. The highest BCUT2D eigenvalue weighted by Gasteiger charge is 2.43. The van der Waals surface area contributed by atoms with Gasteiger partial charge >= 0.3 is 6.09 Å². The molecule has 1 aromatic rings. The van der Waals surface area contributed by atoms with Crippen molar-refractivity contribution in [2.45, 2.75) is 90.8 Å². The van der Waals surface area contributed by atoms with E-state index >= 15 is 0 Å². The zero-order valence-corrected chi connectivity index (χ0v) is 22.1. The number of pyridine rings is 1. The topological polar surface area (TPSA) is 98.2 Å². The summed E-state index contributed by atoms with van der Waals surface area (Å²) in [6, 6.07) is 4.34. The van der Waals surface area contributed by atoms with Crippen LogP contribution in [0.2, 0.25) is 18.1 Å². The van der Waals surface area contributed by atoms with Crippen LogP contribution in [0.1, 0.15) is 65.5 Å². The van der Waals surface area contributed by atoms with E-state index in [0.29, 0.717) is 17.0 Å². The van der Waals surface area contributed by atoms with Gasteiger partial charge in [0.25, 0.3) is 0 Å². The quantitative estimate of drug-likeness (QED) is 0.436. The standard InChI is InChI=1S/C24H40N2O6Si/c1-8-24(29,14-21(27)26-20(17(5)6)16-31-23(26)28)19-12-13-25-22(30-7)18(19)15-32-33(9-2,10-3)11-4/h12-13,17,20,29H,8-11,14-16H2,1-7H3/t20-,24+/m0/s1. The molecule has 0 bridgehead atoms. The van der Waals surface area contributed by atoms with E-state index in [1.54, 1.807) is 12.3 Å². The molecule has 33 heavy (non-hydrogen) atoms. The lowest BCUT2D eigenvalue weighted by molar-refractivity contribution is -0.135. The van der Waals surface area contributed by atoms with Crippen LogP contribution in [0.3, 0.4) is 0 Å². The second-order valence-corrected chi connectivity index (χ2v) is 13.9. The highest BCUT2D eigenvalue weighted by molar-refractivity contribution is 6.73. The number of carbonyl (C=O) groups is 2. The highest BCUT2D eigenvalue weighted by atomic mass is 28.4. The van der Waals surface area contributed by atoms with E-state index in [-0.39, 0.29) is 38.0 Å². The molecule has 1 aromatic heterocycles. The molecule has 1 N–H and O–H groups in total. The predicted molar refractivity (Wildman–Crippen MR) is 128 cm³/mol. The predicted octanol–water partition coefficient (Wildman–Crippen LogP) is 4.60. The van der Waals surface area contributed by atoms with Crippen LogP contribution in [-0.4, -0.2) is 55.1 Å². The third-order valence-corrected chi connectivity index (χ3v) is 11.8. The smallest absolute Gasteiger partial charge is 0.416 e. The van der Waals surface area contributed by atoms with E-state index in [4.69, 9.17) is 13.9 Å². The van der Waals surface area contributed by atoms with Crippen LogP contribution in [0.15, 0.2) is 12.3 Å². The summed E-state index contributed by atoms with van der Waals surface area (Å²) < 4.78 is 17.1. The van der Waals surface area contributed by atoms with Crippen molar-refractivity contribution in [3.05, 3.63) is 23.4 Å². The zero-order valence-electron chi connectivity index (χ0n) is 21.1. The van der Waals surface area contributed by atoms with E-state index in [2.05, 4.69) is 25.8 Å². The summed E-state index contributed by atoms with van der Waals surface area (Å²) in [7, 11) is -0.382. The van der Waals surface area contributed by atoms with Gasteiger partial charge in [-0.25, -0.2) is 14.7 Å². The molecule has 9 heteroatoms. The summed E-state index contributed by atoms with van der Waals surface area (Å²) in [6.45, 7) is 12.6. The number of nitrogens with zero attached hydrogens (tertiary/aromatic N) is 2. The molecule has 2 heterocycles. The number of carbonyl (C=O) groups excluding carboxylic acids is 2. The summed E-state index contributed by atoms with van der Waals surface area (Å²) in [6.07, 6.45) is 0.928. The van der Waals surface area contributed by atoms with Gasteiger partial charge in [0, 0.05) is 11.8 Å². The molecule has 2 atom stereocenters. The van der Waals surface area contributed by atoms with Gasteiger partial charge in [-0.15, -0.1) is 0 Å². The average Bonchev–Trinajstić information content (AvgIpc) is 3.22. The number of methoxy groups -OCH3 is 1. The Balaban J connectivity index is 2.41. The van der Waals surface area contributed by atoms with E-state index in [1.165, 1.54) is 7.11 Å². The fourth-order valence-electron chi connectivity index (χ4n) is 4.47. The Morgan fingerprint density at radius 3 is 2.45 bits per heavy atom. The van der Waals surface area contributed by atoms with Crippen LogP contribution in [0.4, 0.5) is 4.79 Å². The molecule has 2 amide bonds. The van der Waals surface area contributed by atoms with Gasteiger partial charge in [-0.2, -0.15) is 0 Å². The van der Waals surface area contributed by atoms with Gasteiger partial charge in [-0.1, -0.05) is 41.5 Å². The van der Waals surface area contributed by atoms with Gasteiger partial charge in [0.2, 0.25) is 11.8 Å². The Labute approximate surface area is 198 Å². The largest absolute Gasteiger partial charge is 0.481 e. The summed E-state index contributed by atoms with van der Waals surface area (Å²) in [5.41, 5.74) is -0.315. The number of rotatable bonds is 12. The van der Waals surface area contributed by atoms with Crippen LogP contribution in [0.25, 0.3) is 0 Å². The molecule has 1 aliphatic heterocycles. The maximum Gasteiger partial charge on any atom is 0.416 e. The molecular weight excluding hydrogens is 440 g/mol. The first-order chi connectivity index (χ1) is 15.6. The lowest BCUT2D eigenvalue weighted by Gasteiger charge is -2.33. The van der Waals surface area contributed by atoms with Gasteiger partial charge in [0.15, 0.2) is 8.32 Å². The number of imide groups is 1. The number of amides is 2. The normalized spacial score (nSPS) is 18.4. The van der Waals surface area contributed by atoms with Crippen molar-refractivity contribution in [2.75, 3.05) is 13.7 Å². The average molecular weight is 481 g/mol. The van der Waals surface area contributed by atoms with Crippen LogP contribution in [-0.2, 0) is 26.2 Å². The Morgan fingerprint density at radius 2 is 1.94 bits per heavy atom. The van der Waals surface area contributed by atoms with Crippen molar-refractivity contribution in [3.63, 3.8) is 0 Å². The van der Waals surface area contributed by atoms with Gasteiger partial charge < -0.3 is 19.0 Å². The third-order valence-electron chi connectivity index (χ3n) is 7.14. The second kappa shape index (κ2) is 11.4. The van der Waals surface area contributed by atoms with E-state index in [1.807, 2.05) is 20.8 Å². The molecule has 2 rings (SSSR count). The van der Waals surface area contributed by atoms with Crippen molar-refractivity contribution in [1.29, 1.82) is 0 Å². The Hall–Kier alpha value is -1.97. The minimum atomic E-state index is -1.91. The van der Waals surface area contributed by atoms with Crippen LogP contribution >= 0.6 is 0 Å². The molecule has 8 nitrogen and oxygen atoms in total. The first-order valence-electron chi connectivity index (χ1n) is 12.0. The number of ether oxygens (including phenoxy) is 2. The van der Waals surface area contributed by atoms with Gasteiger partial charge in [-0.05, 0) is 42.1 Å². The Kier molecular flexibility index (Phi) is 9.45. The number of aliphatic hydroxyl groups is 1. The molecule has 0 saturated carbocycles. The molecule has 186 valence electrons. The summed E-state index contributed by atoms with van der Waals surface area (Å²) >= 11 is 0. The highest BCUT2D eigenvalue weighted by Crippen LogP contribution is 2.37. The first kappa shape index (κ1) is 27.3.